The molecule has 27 heavy (non-hydrogen) atoms. The van der Waals surface area contributed by atoms with Crippen LogP contribution < -0.4 is 11.1 Å². The lowest BCUT2D eigenvalue weighted by atomic mass is 10.1. The highest BCUT2D eigenvalue weighted by Gasteiger charge is 2.44. The summed E-state index contributed by atoms with van der Waals surface area (Å²) in [5.41, 5.74) is 5.67. The molecule has 0 aromatic rings. The molecular weight excluding hydrogens is 373 g/mol. The third kappa shape index (κ3) is 4.70. The lowest BCUT2D eigenvalue weighted by Gasteiger charge is -2.33. The average molecular weight is 401 g/mol. The molecule has 0 aromatic heterocycles. The van der Waals surface area contributed by atoms with E-state index in [1.807, 2.05) is 4.90 Å². The second-order valence-corrected chi connectivity index (χ2v) is 9.53. The molecule has 152 valence electrons. The van der Waals surface area contributed by atoms with Gasteiger partial charge in [-0.15, -0.1) is 0 Å². The Hall–Kier alpha value is -1.45. The van der Waals surface area contributed by atoms with Gasteiger partial charge in [-0.3, -0.25) is 14.0 Å². The molecule has 3 aliphatic rings. The number of nitrogens with one attached hydrogen (secondary N) is 1. The zero-order chi connectivity index (χ0) is 20.0. The largest absolute Gasteiger partial charge is 0.472 e. The molecular formula is C16H28N5O5P. The SMILES string of the molecule is C=C1NC(N)=NC2C1N=CN2C1CC(O)C(COP(=O)(O)OC(C)(C)C)C1. The lowest BCUT2D eigenvalue weighted by Crippen LogP contribution is -2.50. The van der Waals surface area contributed by atoms with Crippen LogP contribution >= 0.6 is 7.82 Å². The van der Waals surface area contributed by atoms with Crippen LogP contribution in [0.1, 0.15) is 33.6 Å². The van der Waals surface area contributed by atoms with E-state index in [-0.39, 0.29) is 36.7 Å². The predicted molar refractivity (Wildman–Crippen MR) is 101 cm³/mol. The van der Waals surface area contributed by atoms with Gasteiger partial charge >= 0.3 is 7.82 Å². The van der Waals surface area contributed by atoms with E-state index in [1.165, 1.54) is 0 Å². The second-order valence-electron chi connectivity index (χ2n) is 8.16. The van der Waals surface area contributed by atoms with Crippen molar-refractivity contribution < 1.29 is 23.6 Å². The molecule has 6 unspecified atom stereocenters. The fraction of sp³-hybridized carbons (Fsp3) is 0.750. The third-order valence-electron chi connectivity index (χ3n) is 4.76. The van der Waals surface area contributed by atoms with E-state index in [1.54, 1.807) is 27.1 Å². The van der Waals surface area contributed by atoms with Crippen molar-refractivity contribution in [3.05, 3.63) is 12.3 Å². The fourth-order valence-corrected chi connectivity index (χ4v) is 4.77. The number of phosphoric ester groups is 1. The van der Waals surface area contributed by atoms with Gasteiger partial charge in [-0.05, 0) is 33.6 Å². The highest BCUT2D eigenvalue weighted by molar-refractivity contribution is 7.47. The van der Waals surface area contributed by atoms with Crippen molar-refractivity contribution in [3.8, 4) is 0 Å². The molecule has 2 heterocycles. The monoisotopic (exact) mass is 401 g/mol. The van der Waals surface area contributed by atoms with Crippen LogP contribution in [0.4, 0.5) is 0 Å². The van der Waals surface area contributed by atoms with Gasteiger partial charge in [0, 0.05) is 17.7 Å². The van der Waals surface area contributed by atoms with Gasteiger partial charge in [0.05, 0.1) is 24.7 Å². The van der Waals surface area contributed by atoms with Gasteiger partial charge < -0.3 is 26.0 Å². The van der Waals surface area contributed by atoms with Crippen LogP contribution in [0.25, 0.3) is 0 Å². The van der Waals surface area contributed by atoms with E-state index in [0.717, 1.165) is 0 Å². The minimum absolute atomic E-state index is 0.0311. The highest BCUT2D eigenvalue weighted by atomic mass is 31.2. The molecule has 0 bridgehead atoms. The Bertz CT molecular complexity index is 706. The number of aliphatic imine (C=N–C) groups is 2. The van der Waals surface area contributed by atoms with E-state index in [2.05, 4.69) is 21.9 Å². The number of hydrogen-bond acceptors (Lipinski definition) is 9. The number of phosphoric acid groups is 1. The van der Waals surface area contributed by atoms with Crippen LogP contribution in [0.3, 0.4) is 0 Å². The van der Waals surface area contributed by atoms with Crippen molar-refractivity contribution in [1.82, 2.24) is 10.2 Å². The van der Waals surface area contributed by atoms with Crippen LogP contribution in [-0.2, 0) is 13.6 Å². The van der Waals surface area contributed by atoms with Gasteiger partial charge in [-0.1, -0.05) is 6.58 Å². The standard InChI is InChI=1S/C16H28N5O5P/c1-9-13-14(20-15(17)19-9)21(8-18-13)11-5-10(12(22)6-11)7-25-27(23,24)26-16(2,3)4/h8,10-14,22H,1,5-7H2,2-4H3,(H,23,24)(H3,17,19,20). The number of rotatable bonds is 5. The summed E-state index contributed by atoms with van der Waals surface area (Å²) in [6, 6.07) is -0.251. The summed E-state index contributed by atoms with van der Waals surface area (Å²) >= 11 is 0. The normalized spacial score (nSPS) is 35.6. The molecule has 11 heteroatoms. The molecule has 10 nitrogen and oxygen atoms in total. The molecule has 1 aliphatic carbocycles. The Balaban J connectivity index is 1.60. The summed E-state index contributed by atoms with van der Waals surface area (Å²) in [4.78, 5) is 20.6. The fourth-order valence-electron chi connectivity index (χ4n) is 3.65. The van der Waals surface area contributed by atoms with Gasteiger partial charge in [0.15, 0.2) is 12.1 Å². The molecule has 0 saturated heterocycles. The summed E-state index contributed by atoms with van der Waals surface area (Å²) in [6.07, 6.45) is 1.81. The van der Waals surface area contributed by atoms with Crippen LogP contribution in [0, 0.1) is 5.92 Å². The number of nitrogens with zero attached hydrogens (tertiary/aromatic N) is 3. The molecule has 1 saturated carbocycles. The van der Waals surface area contributed by atoms with E-state index in [4.69, 9.17) is 14.8 Å². The Morgan fingerprint density at radius 3 is 2.85 bits per heavy atom. The van der Waals surface area contributed by atoms with E-state index in [9.17, 15) is 14.6 Å². The van der Waals surface area contributed by atoms with Gasteiger partial charge in [0.2, 0.25) is 0 Å². The van der Waals surface area contributed by atoms with Gasteiger partial charge in [-0.2, -0.15) is 0 Å². The van der Waals surface area contributed by atoms with Crippen LogP contribution in [0.5, 0.6) is 0 Å². The quantitative estimate of drug-likeness (QED) is 0.489. The van der Waals surface area contributed by atoms with Crippen LogP contribution in [0.2, 0.25) is 0 Å². The van der Waals surface area contributed by atoms with Gasteiger partial charge in [-0.25, -0.2) is 9.56 Å². The van der Waals surface area contributed by atoms with Crippen LogP contribution in [0.15, 0.2) is 22.3 Å². The molecule has 5 N–H and O–H groups in total. The molecule has 2 aliphatic heterocycles. The van der Waals surface area contributed by atoms with E-state index >= 15 is 0 Å². The zero-order valence-corrected chi connectivity index (χ0v) is 16.7. The van der Waals surface area contributed by atoms with Crippen molar-refractivity contribution >= 4 is 20.1 Å². The number of hydrogen-bond donors (Lipinski definition) is 4. The topological polar surface area (TPSA) is 142 Å². The lowest BCUT2D eigenvalue weighted by molar-refractivity contribution is 0.0398. The maximum Gasteiger partial charge on any atom is 0.472 e. The molecule has 3 rings (SSSR count). The Morgan fingerprint density at radius 1 is 1.48 bits per heavy atom. The predicted octanol–water partition coefficient (Wildman–Crippen LogP) is 0.528. The number of fused-ring (bicyclic) bond motifs is 1. The van der Waals surface area contributed by atoms with Crippen LogP contribution in [-0.4, -0.2) is 63.8 Å². The smallest absolute Gasteiger partial charge is 0.393 e. The zero-order valence-electron chi connectivity index (χ0n) is 15.8. The highest BCUT2D eigenvalue weighted by Crippen LogP contribution is 2.48. The van der Waals surface area contributed by atoms with Crippen molar-refractivity contribution in [2.75, 3.05) is 6.61 Å². The van der Waals surface area contributed by atoms with Crippen molar-refractivity contribution in [3.63, 3.8) is 0 Å². The number of aliphatic hydroxyl groups excluding tert-OH is 1. The summed E-state index contributed by atoms with van der Waals surface area (Å²) < 4.78 is 22.2. The van der Waals surface area contributed by atoms with Crippen molar-refractivity contribution in [2.45, 2.75) is 63.6 Å². The maximum atomic E-state index is 12.0. The number of guanidine groups is 1. The molecule has 6 atom stereocenters. The maximum absolute atomic E-state index is 12.0. The molecule has 0 amide bonds. The second kappa shape index (κ2) is 7.18. The number of nitrogens with two attached hydrogens (primary N) is 1. The van der Waals surface area contributed by atoms with E-state index in [0.29, 0.717) is 18.5 Å². The first-order valence-corrected chi connectivity index (χ1v) is 10.4. The molecule has 0 spiro atoms. The molecule has 1 fully saturated rings. The van der Waals surface area contributed by atoms with Crippen molar-refractivity contribution in [2.24, 2.45) is 21.6 Å². The van der Waals surface area contributed by atoms with Gasteiger partial charge in [0.1, 0.15) is 6.04 Å². The summed E-state index contributed by atoms with van der Waals surface area (Å²) in [5.74, 6) is -0.00605. The molecule has 0 radical (unpaired) electrons. The first kappa shape index (κ1) is 20.3. The summed E-state index contributed by atoms with van der Waals surface area (Å²) in [5, 5.41) is 13.3. The third-order valence-corrected chi connectivity index (χ3v) is 6.01. The Morgan fingerprint density at radius 2 is 2.19 bits per heavy atom. The Labute approximate surface area is 158 Å². The number of aliphatic hydroxyl groups is 1. The van der Waals surface area contributed by atoms with Crippen molar-refractivity contribution in [1.29, 1.82) is 0 Å². The molecule has 0 aromatic carbocycles. The van der Waals surface area contributed by atoms with E-state index < -0.39 is 19.5 Å². The minimum Gasteiger partial charge on any atom is -0.393 e. The Kier molecular flexibility index (Phi) is 5.39. The first-order valence-electron chi connectivity index (χ1n) is 8.91. The van der Waals surface area contributed by atoms with Gasteiger partial charge in [0.25, 0.3) is 0 Å². The first-order chi connectivity index (χ1) is 12.5. The minimum atomic E-state index is -4.19. The summed E-state index contributed by atoms with van der Waals surface area (Å²) in [6.45, 7) is 8.87. The average Bonchev–Trinajstić information content (AvgIpc) is 3.06. The summed E-state index contributed by atoms with van der Waals surface area (Å²) in [7, 11) is -4.19.